The van der Waals surface area contributed by atoms with Crippen LogP contribution in [0.15, 0.2) is 36.6 Å². The van der Waals surface area contributed by atoms with E-state index in [1.165, 1.54) is 63.9 Å². The van der Waals surface area contributed by atoms with Crippen molar-refractivity contribution in [2.75, 3.05) is 6.54 Å². The first-order valence-electron chi connectivity index (χ1n) is 9.54. The number of carboxylic acids is 1. The van der Waals surface area contributed by atoms with E-state index in [2.05, 4.69) is 25.7 Å². The number of carbonyl (C=O) groups is 1. The van der Waals surface area contributed by atoms with Crippen LogP contribution in [0.1, 0.15) is 78.1 Å². The van der Waals surface area contributed by atoms with E-state index in [4.69, 9.17) is 5.11 Å². The monoisotopic (exact) mass is 335 g/mol. The molecule has 3 nitrogen and oxygen atoms in total. The zero-order valence-electron chi connectivity index (χ0n) is 15.7. The van der Waals surface area contributed by atoms with Crippen LogP contribution in [-0.4, -0.2) is 17.6 Å². The zero-order chi connectivity index (χ0) is 18.0. The molecule has 0 spiro atoms. The number of nitrogens with one attached hydrogen (secondary N) is 1. The van der Waals surface area contributed by atoms with Gasteiger partial charge in [-0.3, -0.25) is 0 Å². The molecule has 0 aliphatic heterocycles. The minimum atomic E-state index is -0.936. The standard InChI is InChI=1S/C21H37NO2/c1-4-20(16-14-17-21(23)24)22-18-13-11-9-7-5-6-8-10-12-15-19(2)3/h4,14,16-17,19,22H,1,5-13,15,18H2,2-3H3,(H,23,24)/b17-14+,20-16+. The summed E-state index contributed by atoms with van der Waals surface area (Å²) in [5.41, 5.74) is 0.869. The lowest BCUT2D eigenvalue weighted by Crippen LogP contribution is -2.13. The van der Waals surface area contributed by atoms with Crippen molar-refractivity contribution >= 4 is 5.97 Å². The van der Waals surface area contributed by atoms with Crippen molar-refractivity contribution in [3.8, 4) is 0 Å². The van der Waals surface area contributed by atoms with Crippen LogP contribution < -0.4 is 5.32 Å². The van der Waals surface area contributed by atoms with Crippen molar-refractivity contribution in [1.82, 2.24) is 5.32 Å². The van der Waals surface area contributed by atoms with Gasteiger partial charge in [0.1, 0.15) is 0 Å². The Balaban J connectivity index is 3.43. The van der Waals surface area contributed by atoms with Crippen LogP contribution in [0.4, 0.5) is 0 Å². The molecule has 2 N–H and O–H groups in total. The molecule has 0 rings (SSSR count). The summed E-state index contributed by atoms with van der Waals surface area (Å²) in [4.78, 5) is 10.4. The molecule has 0 saturated carbocycles. The van der Waals surface area contributed by atoms with Crippen molar-refractivity contribution in [3.63, 3.8) is 0 Å². The highest BCUT2D eigenvalue weighted by Crippen LogP contribution is 2.12. The summed E-state index contributed by atoms with van der Waals surface area (Å²) in [6.07, 6.45) is 19.4. The molecular formula is C21H37NO2. The normalized spacial score (nSPS) is 12.0. The van der Waals surface area contributed by atoms with Crippen LogP contribution in [0.25, 0.3) is 0 Å². The highest BCUT2D eigenvalue weighted by atomic mass is 16.4. The predicted octanol–water partition coefficient (Wildman–Crippen LogP) is 5.84. The Morgan fingerprint density at radius 1 is 1.00 bits per heavy atom. The van der Waals surface area contributed by atoms with Gasteiger partial charge in [0.2, 0.25) is 0 Å². The Bertz CT molecular complexity index is 383. The maximum absolute atomic E-state index is 10.4. The molecule has 0 heterocycles. The maximum Gasteiger partial charge on any atom is 0.328 e. The highest BCUT2D eigenvalue weighted by Gasteiger charge is 1.96. The van der Waals surface area contributed by atoms with Crippen molar-refractivity contribution in [3.05, 3.63) is 36.6 Å². The minimum Gasteiger partial charge on any atom is -0.478 e. The topological polar surface area (TPSA) is 49.3 Å². The average Bonchev–Trinajstić information content (AvgIpc) is 2.53. The molecule has 0 aromatic carbocycles. The molecule has 0 amide bonds. The average molecular weight is 336 g/mol. The molecule has 24 heavy (non-hydrogen) atoms. The second-order valence-electron chi connectivity index (χ2n) is 6.81. The second-order valence-corrected chi connectivity index (χ2v) is 6.81. The Morgan fingerprint density at radius 3 is 2.04 bits per heavy atom. The first kappa shape index (κ1) is 22.5. The quantitative estimate of drug-likeness (QED) is 0.211. The van der Waals surface area contributed by atoms with E-state index in [0.29, 0.717) is 0 Å². The molecule has 138 valence electrons. The van der Waals surface area contributed by atoms with E-state index >= 15 is 0 Å². The lowest BCUT2D eigenvalue weighted by atomic mass is 10.0. The third-order valence-electron chi connectivity index (χ3n) is 4.02. The molecule has 0 aromatic rings. The van der Waals surface area contributed by atoms with Gasteiger partial charge < -0.3 is 10.4 Å². The number of rotatable bonds is 16. The van der Waals surface area contributed by atoms with Gasteiger partial charge in [0.25, 0.3) is 0 Å². The van der Waals surface area contributed by atoms with Gasteiger partial charge in [-0.05, 0) is 24.5 Å². The molecule has 0 bridgehead atoms. The van der Waals surface area contributed by atoms with Crippen LogP contribution in [0.3, 0.4) is 0 Å². The van der Waals surface area contributed by atoms with Crippen LogP contribution in [0, 0.1) is 5.92 Å². The van der Waals surface area contributed by atoms with Gasteiger partial charge in [0, 0.05) is 18.3 Å². The van der Waals surface area contributed by atoms with Crippen LogP contribution in [0.2, 0.25) is 0 Å². The first-order valence-corrected chi connectivity index (χ1v) is 9.54. The molecule has 3 heteroatoms. The zero-order valence-corrected chi connectivity index (χ0v) is 15.7. The number of hydrogen-bond donors (Lipinski definition) is 2. The third-order valence-corrected chi connectivity index (χ3v) is 4.02. The van der Waals surface area contributed by atoms with E-state index in [1.807, 2.05) is 0 Å². The fraction of sp³-hybridized carbons (Fsp3) is 0.667. The second kappa shape index (κ2) is 16.4. The summed E-state index contributed by atoms with van der Waals surface area (Å²) >= 11 is 0. The van der Waals surface area contributed by atoms with Crippen LogP contribution >= 0.6 is 0 Å². The SMILES string of the molecule is C=C/C(=C\C=C\C(=O)O)NCCCCCCCCCCCC(C)C. The van der Waals surface area contributed by atoms with Gasteiger partial charge in [-0.15, -0.1) is 0 Å². The Morgan fingerprint density at radius 2 is 1.54 bits per heavy atom. The van der Waals surface area contributed by atoms with E-state index in [0.717, 1.165) is 30.7 Å². The Labute approximate surface area is 148 Å². The molecular weight excluding hydrogens is 298 g/mol. The summed E-state index contributed by atoms with van der Waals surface area (Å²) in [5, 5.41) is 11.8. The first-order chi connectivity index (χ1) is 11.6. The molecule has 0 atom stereocenters. The predicted molar refractivity (Wildman–Crippen MR) is 104 cm³/mol. The Kier molecular flexibility index (Phi) is 15.3. The molecule has 0 unspecified atom stereocenters. The van der Waals surface area contributed by atoms with Crippen molar-refractivity contribution in [2.45, 2.75) is 78.1 Å². The van der Waals surface area contributed by atoms with Gasteiger partial charge in [-0.2, -0.15) is 0 Å². The number of aliphatic carboxylic acids is 1. The van der Waals surface area contributed by atoms with E-state index in [9.17, 15) is 4.79 Å². The minimum absolute atomic E-state index is 0.850. The number of allylic oxidation sites excluding steroid dienone is 3. The van der Waals surface area contributed by atoms with E-state index in [1.54, 1.807) is 12.2 Å². The van der Waals surface area contributed by atoms with Gasteiger partial charge in [0.05, 0.1) is 0 Å². The van der Waals surface area contributed by atoms with E-state index < -0.39 is 5.97 Å². The third kappa shape index (κ3) is 16.9. The number of carboxylic acid groups (broad SMARTS) is 1. The summed E-state index contributed by atoms with van der Waals surface area (Å²) < 4.78 is 0. The molecule has 0 aromatic heterocycles. The lowest BCUT2D eigenvalue weighted by molar-refractivity contribution is -0.131. The fourth-order valence-electron chi connectivity index (χ4n) is 2.58. The maximum atomic E-state index is 10.4. The summed E-state index contributed by atoms with van der Waals surface area (Å²) in [5.74, 6) is -0.0853. The smallest absolute Gasteiger partial charge is 0.328 e. The van der Waals surface area contributed by atoms with Crippen LogP contribution in [-0.2, 0) is 4.79 Å². The molecule has 0 saturated heterocycles. The van der Waals surface area contributed by atoms with Gasteiger partial charge in [0.15, 0.2) is 0 Å². The van der Waals surface area contributed by atoms with Gasteiger partial charge in [-0.25, -0.2) is 4.79 Å². The molecule has 0 fully saturated rings. The van der Waals surface area contributed by atoms with Crippen molar-refractivity contribution in [2.24, 2.45) is 5.92 Å². The van der Waals surface area contributed by atoms with Gasteiger partial charge >= 0.3 is 5.97 Å². The summed E-state index contributed by atoms with van der Waals surface area (Å²) in [6, 6.07) is 0. The molecule has 0 aliphatic carbocycles. The van der Waals surface area contributed by atoms with Crippen molar-refractivity contribution in [1.29, 1.82) is 0 Å². The molecule has 0 aliphatic rings. The summed E-state index contributed by atoms with van der Waals surface area (Å²) in [6.45, 7) is 9.24. The lowest BCUT2D eigenvalue weighted by Gasteiger charge is -2.07. The number of hydrogen-bond acceptors (Lipinski definition) is 2. The van der Waals surface area contributed by atoms with E-state index in [-0.39, 0.29) is 0 Å². The molecule has 0 radical (unpaired) electrons. The highest BCUT2D eigenvalue weighted by molar-refractivity contribution is 5.80. The van der Waals surface area contributed by atoms with Gasteiger partial charge in [-0.1, -0.05) is 84.3 Å². The summed E-state index contributed by atoms with van der Waals surface area (Å²) in [7, 11) is 0. The Hall–Kier alpha value is -1.51. The van der Waals surface area contributed by atoms with Crippen LogP contribution in [0.5, 0.6) is 0 Å². The largest absolute Gasteiger partial charge is 0.478 e. The van der Waals surface area contributed by atoms with Crippen molar-refractivity contribution < 1.29 is 9.90 Å². The number of unbranched alkanes of at least 4 members (excludes halogenated alkanes) is 8. The fourth-order valence-corrected chi connectivity index (χ4v) is 2.58.